The van der Waals surface area contributed by atoms with Crippen LogP contribution < -0.4 is 15.6 Å². The Morgan fingerprint density at radius 1 is 1.21 bits per heavy atom. The lowest BCUT2D eigenvalue weighted by Crippen LogP contribution is -2.57. The summed E-state index contributed by atoms with van der Waals surface area (Å²) in [5, 5.41) is 8.09. The topological polar surface area (TPSA) is 76.1 Å². The zero-order valence-corrected chi connectivity index (χ0v) is 21.2. The van der Waals surface area contributed by atoms with Crippen LogP contribution in [0.5, 0.6) is 0 Å². The van der Waals surface area contributed by atoms with Crippen LogP contribution >= 0.6 is 11.8 Å². The minimum Gasteiger partial charge on any atom is -0.355 e. The van der Waals surface area contributed by atoms with Crippen molar-refractivity contribution in [2.24, 2.45) is 22.4 Å². The van der Waals surface area contributed by atoms with E-state index in [0.717, 1.165) is 57.2 Å². The van der Waals surface area contributed by atoms with Gasteiger partial charge >= 0.3 is 6.03 Å². The minimum absolute atomic E-state index is 0.160. The molecule has 0 aromatic carbocycles. The molecule has 2 amide bonds. The van der Waals surface area contributed by atoms with Crippen molar-refractivity contribution in [2.45, 2.75) is 44.7 Å². The van der Waals surface area contributed by atoms with Crippen molar-refractivity contribution in [2.75, 3.05) is 56.2 Å². The second-order valence-electron chi connectivity index (χ2n) is 11.3. The van der Waals surface area contributed by atoms with Crippen LogP contribution in [0.1, 0.15) is 44.1 Å². The predicted molar refractivity (Wildman–Crippen MR) is 137 cm³/mol. The van der Waals surface area contributed by atoms with Gasteiger partial charge in [-0.1, -0.05) is 13.0 Å². The van der Waals surface area contributed by atoms with E-state index in [2.05, 4.69) is 39.8 Å². The zero-order chi connectivity index (χ0) is 23.3. The van der Waals surface area contributed by atoms with Crippen LogP contribution in [0.2, 0.25) is 0 Å². The third kappa shape index (κ3) is 4.43. The number of hydrogen-bond donors (Lipinski definition) is 2. The molecule has 6 rings (SSSR count). The number of urea groups is 1. The lowest BCUT2D eigenvalue weighted by molar-refractivity contribution is 0.0175. The molecule has 4 fully saturated rings. The maximum absolute atomic E-state index is 13.0. The van der Waals surface area contributed by atoms with E-state index in [1.165, 1.54) is 29.9 Å². The lowest BCUT2D eigenvalue weighted by atomic mass is 9.62. The molecule has 0 spiro atoms. The summed E-state index contributed by atoms with van der Waals surface area (Å²) in [7, 11) is 1.96. The Bertz CT molecular complexity index is 931. The molecule has 34 heavy (non-hydrogen) atoms. The van der Waals surface area contributed by atoms with Crippen LogP contribution in [0.25, 0.3) is 0 Å². The molecular formula is C25H37N7OS. The van der Waals surface area contributed by atoms with Gasteiger partial charge in [0, 0.05) is 75.2 Å². The van der Waals surface area contributed by atoms with Crippen LogP contribution in [-0.4, -0.2) is 84.1 Å². The number of nitrogens with zero attached hydrogens (tertiary/aromatic N) is 5. The number of likely N-dealkylation sites (tertiary alicyclic amines) is 1. The van der Waals surface area contributed by atoms with E-state index in [1.807, 2.05) is 34.8 Å². The molecule has 8 nitrogen and oxygen atoms in total. The van der Waals surface area contributed by atoms with Gasteiger partial charge in [0.1, 0.15) is 17.8 Å². The Morgan fingerprint density at radius 2 is 1.97 bits per heavy atom. The summed E-state index contributed by atoms with van der Waals surface area (Å²) >= 11 is 2.02. The average molecular weight is 484 g/mol. The number of nitrogens with one attached hydrogen (secondary N) is 2. The second-order valence-corrected chi connectivity index (χ2v) is 12.5. The molecule has 2 saturated heterocycles. The van der Waals surface area contributed by atoms with Crippen molar-refractivity contribution in [1.29, 1.82) is 0 Å². The van der Waals surface area contributed by atoms with Crippen molar-refractivity contribution >= 4 is 29.4 Å². The Kier molecular flexibility index (Phi) is 5.78. The van der Waals surface area contributed by atoms with Gasteiger partial charge in [0.15, 0.2) is 0 Å². The first kappa shape index (κ1) is 22.3. The Hall–Kier alpha value is -2.16. The summed E-state index contributed by atoms with van der Waals surface area (Å²) in [6.07, 6.45) is 7.08. The Morgan fingerprint density at radius 3 is 2.65 bits per heavy atom. The Balaban J connectivity index is 0.943. The fourth-order valence-electron chi connectivity index (χ4n) is 6.07. The molecule has 2 saturated carbocycles. The van der Waals surface area contributed by atoms with Gasteiger partial charge < -0.3 is 20.0 Å². The van der Waals surface area contributed by atoms with Gasteiger partial charge in [-0.15, -0.1) is 0 Å². The molecule has 9 heteroatoms. The van der Waals surface area contributed by atoms with Crippen molar-refractivity contribution < 1.29 is 4.79 Å². The highest BCUT2D eigenvalue weighted by atomic mass is 32.2. The highest BCUT2D eigenvalue weighted by molar-refractivity contribution is 7.99. The third-order valence-electron chi connectivity index (χ3n) is 8.25. The molecular weight excluding hydrogens is 446 g/mol. The minimum atomic E-state index is 0.160. The summed E-state index contributed by atoms with van der Waals surface area (Å²) in [6, 6.07) is 4.52. The number of aromatic nitrogens is 1. The number of amides is 2. The molecule has 0 radical (unpaired) electrons. The monoisotopic (exact) mass is 483 g/mol. The van der Waals surface area contributed by atoms with Gasteiger partial charge in [-0.25, -0.2) is 9.78 Å². The van der Waals surface area contributed by atoms with Crippen LogP contribution in [0, 0.1) is 17.3 Å². The molecule has 1 unspecified atom stereocenters. The van der Waals surface area contributed by atoms with E-state index in [4.69, 9.17) is 4.98 Å². The molecule has 1 aromatic rings. The normalized spacial score (nSPS) is 31.2. The van der Waals surface area contributed by atoms with Crippen molar-refractivity contribution in [3.63, 3.8) is 0 Å². The summed E-state index contributed by atoms with van der Waals surface area (Å²) < 4.78 is 0. The quantitative estimate of drug-likeness (QED) is 0.648. The number of carbonyl (C=O) groups excluding carboxylic acids is 1. The summed E-state index contributed by atoms with van der Waals surface area (Å²) in [6.45, 7) is 6.88. The number of hydrazone groups is 1. The summed E-state index contributed by atoms with van der Waals surface area (Å²) in [4.78, 5) is 24.0. The van der Waals surface area contributed by atoms with Crippen molar-refractivity contribution in [3.8, 4) is 0 Å². The molecule has 2 aliphatic carbocycles. The van der Waals surface area contributed by atoms with Crippen molar-refractivity contribution in [3.05, 3.63) is 23.9 Å². The fourth-order valence-corrected chi connectivity index (χ4v) is 6.97. The van der Waals surface area contributed by atoms with Gasteiger partial charge in [0.05, 0.1) is 0 Å². The highest BCUT2D eigenvalue weighted by Gasteiger charge is 2.47. The van der Waals surface area contributed by atoms with Crippen LogP contribution in [-0.2, 0) is 0 Å². The van der Waals surface area contributed by atoms with E-state index >= 15 is 0 Å². The molecule has 2 N–H and O–H groups in total. The summed E-state index contributed by atoms with van der Waals surface area (Å²) in [5.74, 6) is 6.26. The second kappa shape index (κ2) is 8.81. The van der Waals surface area contributed by atoms with E-state index in [-0.39, 0.29) is 17.6 Å². The van der Waals surface area contributed by atoms with Gasteiger partial charge in [-0.05, 0) is 42.7 Å². The van der Waals surface area contributed by atoms with Gasteiger partial charge in [0.25, 0.3) is 0 Å². The number of hydrogen-bond acceptors (Lipinski definition) is 7. The number of amidine groups is 1. The number of anilines is 1. The summed E-state index contributed by atoms with van der Waals surface area (Å²) in [5.41, 5.74) is 4.74. The smallest absolute Gasteiger partial charge is 0.319 e. The third-order valence-corrected chi connectivity index (χ3v) is 9.19. The van der Waals surface area contributed by atoms with Gasteiger partial charge in [-0.3, -0.25) is 5.43 Å². The molecule has 3 aliphatic heterocycles. The number of thioether (sulfide) groups is 1. The SMILES string of the molecule is CN(CC1(C)CC(C2NN=C(C3CC3)N2)C1)C(=O)N1CC(c2ccc(N3CCSCC3)nc2)C1. The molecule has 184 valence electrons. The average Bonchev–Trinajstić information content (AvgIpc) is 3.54. The van der Waals surface area contributed by atoms with E-state index in [9.17, 15) is 4.79 Å². The van der Waals surface area contributed by atoms with Gasteiger partial charge in [-0.2, -0.15) is 16.9 Å². The maximum atomic E-state index is 13.0. The number of pyridine rings is 1. The largest absolute Gasteiger partial charge is 0.355 e. The number of carbonyl (C=O) groups is 1. The molecule has 5 aliphatic rings. The molecule has 1 atom stereocenters. The standard InChI is InChI=1S/C25H37N7OS/c1-25(11-19(12-25)23-27-22(28-29-23)17-3-4-17)16-30(2)24(33)32-14-20(15-32)18-5-6-21(26-13-18)31-7-9-34-10-8-31/h5-6,13,17,19-20,23,29H,3-4,7-12,14-16H2,1-2H3,(H,27,28). The van der Waals surface area contributed by atoms with E-state index in [0.29, 0.717) is 17.8 Å². The Labute approximate surface area is 206 Å². The first-order chi connectivity index (χ1) is 16.5. The van der Waals surface area contributed by atoms with Crippen LogP contribution in [0.3, 0.4) is 0 Å². The molecule has 4 heterocycles. The molecule has 0 bridgehead atoms. The van der Waals surface area contributed by atoms with Crippen LogP contribution in [0.15, 0.2) is 23.4 Å². The predicted octanol–water partition coefficient (Wildman–Crippen LogP) is 2.74. The van der Waals surface area contributed by atoms with Gasteiger partial charge in [0.2, 0.25) is 0 Å². The first-order valence-electron chi connectivity index (χ1n) is 12.9. The molecule has 1 aromatic heterocycles. The van der Waals surface area contributed by atoms with E-state index < -0.39 is 0 Å². The fraction of sp³-hybridized carbons (Fsp3) is 0.720. The number of rotatable bonds is 6. The lowest BCUT2D eigenvalue weighted by Gasteiger charge is -2.50. The van der Waals surface area contributed by atoms with E-state index in [1.54, 1.807) is 0 Å². The first-order valence-corrected chi connectivity index (χ1v) is 14.0. The highest BCUT2D eigenvalue weighted by Crippen LogP contribution is 2.48. The van der Waals surface area contributed by atoms with Crippen LogP contribution in [0.4, 0.5) is 10.6 Å². The zero-order valence-electron chi connectivity index (χ0n) is 20.4. The maximum Gasteiger partial charge on any atom is 0.319 e. The van der Waals surface area contributed by atoms with Crippen molar-refractivity contribution in [1.82, 2.24) is 25.5 Å².